The minimum Gasteiger partial charge on any atom is -0.493 e. The van der Waals surface area contributed by atoms with Gasteiger partial charge in [-0.05, 0) is 47.2 Å². The van der Waals surface area contributed by atoms with Crippen LogP contribution in [0, 0.1) is 3.57 Å². The molecule has 0 atom stereocenters. The zero-order chi connectivity index (χ0) is 15.4. The van der Waals surface area contributed by atoms with E-state index in [0.29, 0.717) is 24.6 Å². The van der Waals surface area contributed by atoms with E-state index in [9.17, 15) is 0 Å². The zero-order valence-electron chi connectivity index (χ0n) is 11.9. The summed E-state index contributed by atoms with van der Waals surface area (Å²) in [5.41, 5.74) is 13.3. The third-order valence-electron chi connectivity index (χ3n) is 2.93. The maximum Gasteiger partial charge on any atom is 0.221 e. The van der Waals surface area contributed by atoms with Crippen LogP contribution in [0.15, 0.2) is 18.3 Å². The molecule has 4 N–H and O–H groups in total. The first-order valence-corrected chi connectivity index (χ1v) is 7.49. The van der Waals surface area contributed by atoms with Crippen LogP contribution >= 0.6 is 22.6 Å². The van der Waals surface area contributed by atoms with Gasteiger partial charge in [-0.15, -0.1) is 0 Å². The molecule has 2 rings (SSSR count). The standard InChI is InChI=1S/C14H17IN4O2/c1-3-21-12-6-10(15)8(5-11(12)20-2)4-9-7-18-14(17)19-13(9)16/h5-7H,3-4H2,1-2H3,(H4,16,17,18,19). The van der Waals surface area contributed by atoms with Crippen molar-refractivity contribution in [1.82, 2.24) is 9.97 Å². The normalized spacial score (nSPS) is 10.4. The van der Waals surface area contributed by atoms with Crippen molar-refractivity contribution in [2.24, 2.45) is 0 Å². The third kappa shape index (κ3) is 3.66. The number of benzene rings is 1. The highest BCUT2D eigenvalue weighted by atomic mass is 127. The fourth-order valence-electron chi connectivity index (χ4n) is 1.92. The topological polar surface area (TPSA) is 96.3 Å². The van der Waals surface area contributed by atoms with Crippen LogP contribution in [0.1, 0.15) is 18.1 Å². The molecule has 7 heteroatoms. The van der Waals surface area contributed by atoms with Crippen molar-refractivity contribution in [1.29, 1.82) is 0 Å². The lowest BCUT2D eigenvalue weighted by atomic mass is 10.1. The number of nitrogens with zero attached hydrogens (tertiary/aromatic N) is 2. The Morgan fingerprint density at radius 1 is 1.19 bits per heavy atom. The van der Waals surface area contributed by atoms with Crippen molar-refractivity contribution in [3.8, 4) is 11.5 Å². The van der Waals surface area contributed by atoms with E-state index in [-0.39, 0.29) is 5.95 Å². The van der Waals surface area contributed by atoms with E-state index < -0.39 is 0 Å². The Labute approximate surface area is 137 Å². The van der Waals surface area contributed by atoms with Gasteiger partial charge in [-0.1, -0.05) is 0 Å². The highest BCUT2D eigenvalue weighted by molar-refractivity contribution is 14.1. The Bertz CT molecular complexity index is 649. The highest BCUT2D eigenvalue weighted by Gasteiger charge is 2.12. The van der Waals surface area contributed by atoms with Crippen molar-refractivity contribution in [3.63, 3.8) is 0 Å². The summed E-state index contributed by atoms with van der Waals surface area (Å²) < 4.78 is 12.0. The smallest absolute Gasteiger partial charge is 0.221 e. The lowest BCUT2D eigenvalue weighted by Gasteiger charge is -2.13. The number of halogens is 1. The molecule has 1 aromatic carbocycles. The largest absolute Gasteiger partial charge is 0.493 e. The Hall–Kier alpha value is -1.77. The molecule has 2 aromatic rings. The average Bonchev–Trinajstić information content (AvgIpc) is 2.44. The number of hydrogen-bond acceptors (Lipinski definition) is 6. The monoisotopic (exact) mass is 400 g/mol. The van der Waals surface area contributed by atoms with Crippen molar-refractivity contribution in [2.75, 3.05) is 25.2 Å². The van der Waals surface area contributed by atoms with Gasteiger partial charge >= 0.3 is 0 Å². The summed E-state index contributed by atoms with van der Waals surface area (Å²) in [6.07, 6.45) is 2.25. The Balaban J connectivity index is 2.35. The quantitative estimate of drug-likeness (QED) is 0.748. The number of aromatic nitrogens is 2. The van der Waals surface area contributed by atoms with E-state index in [1.807, 2.05) is 19.1 Å². The average molecular weight is 400 g/mol. The maximum absolute atomic E-state index is 5.88. The second kappa shape index (κ2) is 6.79. The van der Waals surface area contributed by atoms with Crippen LogP contribution in [0.5, 0.6) is 11.5 Å². The van der Waals surface area contributed by atoms with Crippen LogP contribution < -0.4 is 20.9 Å². The van der Waals surface area contributed by atoms with Gasteiger partial charge in [0.1, 0.15) is 5.82 Å². The van der Waals surface area contributed by atoms with E-state index in [1.54, 1.807) is 13.3 Å². The highest BCUT2D eigenvalue weighted by Crippen LogP contribution is 2.33. The predicted octanol–water partition coefficient (Wildman–Crippen LogP) is 2.24. The summed E-state index contributed by atoms with van der Waals surface area (Å²) >= 11 is 2.26. The molecule has 0 fully saturated rings. The molecular weight excluding hydrogens is 383 g/mol. The van der Waals surface area contributed by atoms with Crippen LogP contribution in [0.25, 0.3) is 0 Å². The van der Waals surface area contributed by atoms with Gasteiger partial charge in [-0.25, -0.2) is 4.98 Å². The van der Waals surface area contributed by atoms with Gasteiger partial charge < -0.3 is 20.9 Å². The van der Waals surface area contributed by atoms with E-state index >= 15 is 0 Å². The maximum atomic E-state index is 5.88. The second-order valence-corrected chi connectivity index (χ2v) is 5.51. The summed E-state index contributed by atoms with van der Waals surface area (Å²) in [4.78, 5) is 7.96. The molecule has 1 aromatic heterocycles. The number of nitrogen functional groups attached to an aromatic ring is 2. The van der Waals surface area contributed by atoms with Gasteiger partial charge in [0.05, 0.1) is 13.7 Å². The van der Waals surface area contributed by atoms with Crippen LogP contribution in [0.4, 0.5) is 11.8 Å². The Morgan fingerprint density at radius 3 is 2.57 bits per heavy atom. The fraction of sp³-hybridized carbons (Fsp3) is 0.286. The molecular formula is C14H17IN4O2. The second-order valence-electron chi connectivity index (χ2n) is 4.34. The zero-order valence-corrected chi connectivity index (χ0v) is 14.0. The molecule has 112 valence electrons. The summed E-state index contributed by atoms with van der Waals surface area (Å²) in [6, 6.07) is 3.90. The first-order valence-electron chi connectivity index (χ1n) is 6.41. The number of rotatable bonds is 5. The van der Waals surface area contributed by atoms with Crippen LogP contribution in [0.3, 0.4) is 0 Å². The fourth-order valence-corrected chi connectivity index (χ4v) is 2.55. The minimum atomic E-state index is 0.176. The molecule has 0 aliphatic rings. The van der Waals surface area contributed by atoms with E-state index in [4.69, 9.17) is 20.9 Å². The predicted molar refractivity (Wildman–Crippen MR) is 90.5 cm³/mol. The Kier molecular flexibility index (Phi) is 5.05. The van der Waals surface area contributed by atoms with Gasteiger partial charge in [0.25, 0.3) is 0 Å². The third-order valence-corrected chi connectivity index (χ3v) is 3.93. The number of methoxy groups -OCH3 is 1. The molecule has 1 heterocycles. The van der Waals surface area contributed by atoms with Crippen molar-refractivity contribution in [2.45, 2.75) is 13.3 Å². The van der Waals surface area contributed by atoms with Crippen molar-refractivity contribution in [3.05, 3.63) is 33.0 Å². The van der Waals surface area contributed by atoms with Gasteiger partial charge in [0.15, 0.2) is 11.5 Å². The summed E-state index contributed by atoms with van der Waals surface area (Å²) in [5, 5.41) is 0. The molecule has 0 bridgehead atoms. The number of anilines is 2. The lowest BCUT2D eigenvalue weighted by Crippen LogP contribution is -2.05. The number of nitrogens with two attached hydrogens (primary N) is 2. The molecule has 0 spiro atoms. The van der Waals surface area contributed by atoms with Crippen LogP contribution in [0.2, 0.25) is 0 Å². The van der Waals surface area contributed by atoms with Gasteiger partial charge in [-0.3, -0.25) is 0 Å². The number of hydrogen-bond donors (Lipinski definition) is 2. The molecule has 0 aliphatic carbocycles. The summed E-state index contributed by atoms with van der Waals surface area (Å²) in [5.74, 6) is 2.00. The summed E-state index contributed by atoms with van der Waals surface area (Å²) in [6.45, 7) is 2.52. The SMILES string of the molecule is CCOc1cc(I)c(Cc2cnc(N)nc2N)cc1OC. The lowest BCUT2D eigenvalue weighted by molar-refractivity contribution is 0.310. The van der Waals surface area contributed by atoms with E-state index in [0.717, 1.165) is 20.4 Å². The molecule has 0 aliphatic heterocycles. The molecule has 0 unspecified atom stereocenters. The van der Waals surface area contributed by atoms with Gasteiger partial charge in [-0.2, -0.15) is 4.98 Å². The minimum absolute atomic E-state index is 0.176. The van der Waals surface area contributed by atoms with Gasteiger partial charge in [0, 0.05) is 21.8 Å². The molecule has 0 radical (unpaired) electrons. The van der Waals surface area contributed by atoms with E-state index in [1.165, 1.54) is 0 Å². The molecule has 0 saturated carbocycles. The van der Waals surface area contributed by atoms with Crippen LogP contribution in [-0.4, -0.2) is 23.7 Å². The molecule has 21 heavy (non-hydrogen) atoms. The van der Waals surface area contributed by atoms with Crippen molar-refractivity contribution >= 4 is 34.4 Å². The van der Waals surface area contributed by atoms with E-state index in [2.05, 4.69) is 32.6 Å². The summed E-state index contributed by atoms with van der Waals surface area (Å²) in [7, 11) is 1.62. The first-order chi connectivity index (χ1) is 10.0. The van der Waals surface area contributed by atoms with Crippen LogP contribution in [-0.2, 0) is 6.42 Å². The number of ether oxygens (including phenoxy) is 2. The first kappa shape index (κ1) is 15.6. The molecule has 0 saturated heterocycles. The molecule has 0 amide bonds. The molecule has 6 nitrogen and oxygen atoms in total. The van der Waals surface area contributed by atoms with Crippen molar-refractivity contribution < 1.29 is 9.47 Å². The Morgan fingerprint density at radius 2 is 1.95 bits per heavy atom. The van der Waals surface area contributed by atoms with Gasteiger partial charge in [0.2, 0.25) is 5.95 Å².